The normalized spacial score (nSPS) is 21.1. The fraction of sp³-hybridized carbons (Fsp3) is 0.389. The molecule has 1 atom stereocenters. The van der Waals surface area contributed by atoms with Crippen molar-refractivity contribution in [2.45, 2.75) is 38.1 Å². The topological polar surface area (TPSA) is 20.3 Å². The average Bonchev–Trinajstić information content (AvgIpc) is 2.75. The van der Waals surface area contributed by atoms with E-state index >= 15 is 0 Å². The van der Waals surface area contributed by atoms with Crippen LogP contribution in [0.2, 0.25) is 0 Å². The minimum Gasteiger partial charge on any atom is -0.333 e. The molecule has 2 nitrogen and oxygen atoms in total. The molecular formula is C18H23NOS. The molecule has 1 aliphatic rings. The lowest BCUT2D eigenvalue weighted by Gasteiger charge is -2.31. The fourth-order valence-corrected chi connectivity index (χ4v) is 3.27. The number of hydrogen-bond acceptors (Lipinski definition) is 2. The second-order valence-corrected chi connectivity index (χ2v) is 7.43. The largest absolute Gasteiger partial charge is 0.333 e. The first-order valence-corrected chi connectivity index (χ1v) is 8.08. The van der Waals surface area contributed by atoms with Crippen LogP contribution in [0.3, 0.4) is 0 Å². The lowest BCUT2D eigenvalue weighted by molar-refractivity contribution is -0.128. The fourth-order valence-electron chi connectivity index (χ4n) is 2.43. The summed E-state index contributed by atoms with van der Waals surface area (Å²) in [6.07, 6.45) is 0. The van der Waals surface area contributed by atoms with E-state index in [1.54, 1.807) is 11.8 Å². The van der Waals surface area contributed by atoms with Crippen LogP contribution in [0.1, 0.15) is 27.7 Å². The highest BCUT2D eigenvalue weighted by atomic mass is 32.2. The van der Waals surface area contributed by atoms with Gasteiger partial charge in [-0.3, -0.25) is 4.79 Å². The first-order chi connectivity index (χ1) is 9.80. The molecule has 0 aliphatic carbocycles. The molecule has 1 unspecified atom stereocenters. The van der Waals surface area contributed by atoms with Gasteiger partial charge in [0.1, 0.15) is 0 Å². The van der Waals surface area contributed by atoms with Gasteiger partial charge in [-0.1, -0.05) is 42.1 Å². The smallest absolute Gasteiger partial charge is 0.251 e. The van der Waals surface area contributed by atoms with Gasteiger partial charge in [0.2, 0.25) is 0 Å². The number of carbonyl (C=O) groups is 1. The van der Waals surface area contributed by atoms with Crippen LogP contribution in [0.15, 0.2) is 58.4 Å². The van der Waals surface area contributed by atoms with Crippen molar-refractivity contribution in [2.24, 2.45) is 5.92 Å². The average molecular weight is 301 g/mol. The second kappa shape index (κ2) is 6.10. The van der Waals surface area contributed by atoms with E-state index in [1.165, 1.54) is 0 Å². The number of hydrogen-bond donors (Lipinski definition) is 0. The SMILES string of the molecule is C=C(C)C1CN(C(C)(C)C)C(=O)/C1=C\Sc1ccccc1. The van der Waals surface area contributed by atoms with Gasteiger partial charge in [-0.2, -0.15) is 0 Å². The monoisotopic (exact) mass is 301 g/mol. The van der Waals surface area contributed by atoms with E-state index in [2.05, 4.69) is 39.5 Å². The predicted octanol–water partition coefficient (Wildman–Crippen LogP) is 4.50. The first kappa shape index (κ1) is 15.9. The molecule has 1 fully saturated rings. The third-order valence-electron chi connectivity index (χ3n) is 3.70. The lowest BCUT2D eigenvalue weighted by Crippen LogP contribution is -2.42. The zero-order valence-corrected chi connectivity index (χ0v) is 14.0. The van der Waals surface area contributed by atoms with Crippen LogP contribution in [0.4, 0.5) is 0 Å². The minimum absolute atomic E-state index is 0.132. The Bertz CT molecular complexity index is 569. The molecule has 1 saturated heterocycles. The molecule has 1 aromatic carbocycles. The Labute approximate surface area is 131 Å². The van der Waals surface area contributed by atoms with Crippen molar-refractivity contribution in [3.63, 3.8) is 0 Å². The molecule has 21 heavy (non-hydrogen) atoms. The van der Waals surface area contributed by atoms with Crippen LogP contribution in [0.25, 0.3) is 0 Å². The molecule has 0 aromatic heterocycles. The van der Waals surface area contributed by atoms with Crippen molar-refractivity contribution < 1.29 is 4.79 Å². The Morgan fingerprint density at radius 1 is 1.33 bits per heavy atom. The summed E-state index contributed by atoms with van der Waals surface area (Å²) in [5, 5.41) is 2.00. The highest BCUT2D eigenvalue weighted by molar-refractivity contribution is 8.02. The molecule has 1 aromatic rings. The molecule has 1 aliphatic heterocycles. The maximum Gasteiger partial charge on any atom is 0.251 e. The van der Waals surface area contributed by atoms with Crippen molar-refractivity contribution in [2.75, 3.05) is 6.54 Å². The van der Waals surface area contributed by atoms with E-state index in [-0.39, 0.29) is 17.4 Å². The summed E-state index contributed by atoms with van der Waals surface area (Å²) in [5.74, 6) is 0.270. The molecule has 2 rings (SSSR count). The summed E-state index contributed by atoms with van der Waals surface area (Å²) in [7, 11) is 0. The van der Waals surface area contributed by atoms with Crippen LogP contribution >= 0.6 is 11.8 Å². The molecule has 0 bridgehead atoms. The summed E-state index contributed by atoms with van der Waals surface area (Å²) in [5.41, 5.74) is 1.76. The third-order valence-corrected chi connectivity index (χ3v) is 4.62. The molecular weight excluding hydrogens is 278 g/mol. The van der Waals surface area contributed by atoms with Crippen LogP contribution < -0.4 is 0 Å². The summed E-state index contributed by atoms with van der Waals surface area (Å²) >= 11 is 1.60. The number of nitrogens with zero attached hydrogens (tertiary/aromatic N) is 1. The Kier molecular flexibility index (Phi) is 4.62. The zero-order valence-electron chi connectivity index (χ0n) is 13.2. The van der Waals surface area contributed by atoms with Crippen molar-refractivity contribution in [1.29, 1.82) is 0 Å². The number of rotatable bonds is 3. The zero-order chi connectivity index (χ0) is 15.6. The summed E-state index contributed by atoms with van der Waals surface area (Å²) in [6.45, 7) is 13.0. The third kappa shape index (κ3) is 3.59. The predicted molar refractivity (Wildman–Crippen MR) is 90.2 cm³/mol. The van der Waals surface area contributed by atoms with E-state index in [9.17, 15) is 4.79 Å². The maximum absolute atomic E-state index is 12.7. The van der Waals surface area contributed by atoms with E-state index in [0.717, 1.165) is 22.6 Å². The number of carbonyl (C=O) groups excluding carboxylic acids is 1. The van der Waals surface area contributed by atoms with Gasteiger partial charge in [0.25, 0.3) is 5.91 Å². The van der Waals surface area contributed by atoms with Gasteiger partial charge in [0.05, 0.1) is 0 Å². The Morgan fingerprint density at radius 3 is 2.48 bits per heavy atom. The molecule has 1 amide bonds. The van der Waals surface area contributed by atoms with Crippen LogP contribution in [-0.2, 0) is 4.79 Å². The Morgan fingerprint density at radius 2 is 1.95 bits per heavy atom. The summed E-state index contributed by atoms with van der Waals surface area (Å²) < 4.78 is 0. The summed E-state index contributed by atoms with van der Waals surface area (Å²) in [4.78, 5) is 15.8. The number of thioether (sulfide) groups is 1. The lowest BCUT2D eigenvalue weighted by atomic mass is 9.97. The highest BCUT2D eigenvalue weighted by Crippen LogP contribution is 2.36. The van der Waals surface area contributed by atoms with Gasteiger partial charge < -0.3 is 4.90 Å². The van der Waals surface area contributed by atoms with E-state index in [1.807, 2.05) is 35.4 Å². The van der Waals surface area contributed by atoms with E-state index in [0.29, 0.717) is 0 Å². The highest BCUT2D eigenvalue weighted by Gasteiger charge is 2.40. The van der Waals surface area contributed by atoms with Crippen molar-refractivity contribution >= 4 is 17.7 Å². The van der Waals surface area contributed by atoms with E-state index < -0.39 is 0 Å². The molecule has 0 spiro atoms. The number of likely N-dealkylation sites (tertiary alicyclic amines) is 1. The maximum atomic E-state index is 12.7. The van der Waals surface area contributed by atoms with Crippen molar-refractivity contribution in [3.05, 3.63) is 53.5 Å². The quantitative estimate of drug-likeness (QED) is 0.465. The van der Waals surface area contributed by atoms with Crippen LogP contribution in [0.5, 0.6) is 0 Å². The Hall–Kier alpha value is -1.48. The van der Waals surface area contributed by atoms with Gasteiger partial charge in [-0.05, 0) is 45.2 Å². The van der Waals surface area contributed by atoms with E-state index in [4.69, 9.17) is 0 Å². The minimum atomic E-state index is -0.155. The molecule has 1 heterocycles. The summed E-state index contributed by atoms with van der Waals surface area (Å²) in [6, 6.07) is 10.1. The number of benzene rings is 1. The Balaban J connectivity index is 2.26. The first-order valence-electron chi connectivity index (χ1n) is 7.20. The van der Waals surface area contributed by atoms with Crippen LogP contribution in [-0.4, -0.2) is 22.9 Å². The number of amides is 1. The van der Waals surface area contributed by atoms with Crippen LogP contribution in [0, 0.1) is 5.92 Å². The molecule has 0 saturated carbocycles. The van der Waals surface area contributed by atoms with Gasteiger partial charge >= 0.3 is 0 Å². The van der Waals surface area contributed by atoms with Gasteiger partial charge in [0.15, 0.2) is 0 Å². The van der Waals surface area contributed by atoms with Gasteiger partial charge in [0, 0.05) is 28.5 Å². The molecule has 0 N–H and O–H groups in total. The van der Waals surface area contributed by atoms with Gasteiger partial charge in [-0.15, -0.1) is 0 Å². The van der Waals surface area contributed by atoms with Crippen molar-refractivity contribution in [3.8, 4) is 0 Å². The molecule has 0 radical (unpaired) electrons. The molecule has 3 heteroatoms. The van der Waals surface area contributed by atoms with Gasteiger partial charge in [-0.25, -0.2) is 0 Å². The second-order valence-electron chi connectivity index (χ2n) is 6.49. The van der Waals surface area contributed by atoms with Crippen molar-refractivity contribution in [1.82, 2.24) is 4.90 Å². The molecule has 112 valence electrons. The standard InChI is InChI=1S/C18H23NOS/c1-13(2)15-11-19(18(3,4)5)17(20)16(15)12-21-14-9-7-6-8-10-14/h6-10,12,15H,1,11H2,2-5H3/b16-12-.